The van der Waals surface area contributed by atoms with Gasteiger partial charge < -0.3 is 5.32 Å². The zero-order chi connectivity index (χ0) is 15.4. The van der Waals surface area contributed by atoms with Gasteiger partial charge in [0.15, 0.2) is 0 Å². The van der Waals surface area contributed by atoms with E-state index in [1.54, 1.807) is 6.07 Å². The first-order valence-corrected chi connectivity index (χ1v) is 7.66. The highest BCUT2D eigenvalue weighted by molar-refractivity contribution is 5.69. The van der Waals surface area contributed by atoms with Gasteiger partial charge in [0.2, 0.25) is 0 Å². The third-order valence-corrected chi connectivity index (χ3v) is 3.82. The molecule has 0 spiro atoms. The Kier molecular flexibility index (Phi) is 5.12. The van der Waals surface area contributed by atoms with E-state index in [-0.39, 0.29) is 5.82 Å². The van der Waals surface area contributed by atoms with Crippen molar-refractivity contribution in [3.63, 3.8) is 0 Å². The van der Waals surface area contributed by atoms with Crippen molar-refractivity contribution >= 4 is 0 Å². The van der Waals surface area contributed by atoms with Crippen LogP contribution in [0, 0.1) is 5.82 Å². The zero-order valence-electron chi connectivity index (χ0n) is 13.3. The van der Waals surface area contributed by atoms with Crippen LogP contribution in [0.3, 0.4) is 0 Å². The summed E-state index contributed by atoms with van der Waals surface area (Å²) in [7, 11) is 1.96. The lowest BCUT2D eigenvalue weighted by molar-refractivity contribution is 0.594. The maximum absolute atomic E-state index is 14.3. The molecule has 0 aliphatic rings. The fourth-order valence-electron chi connectivity index (χ4n) is 2.71. The summed E-state index contributed by atoms with van der Waals surface area (Å²) in [5.74, 6) is -0.151. The standard InChI is InChI=1S/C17H24FN3/c1-5-15-17(16(6-2)21(4)20-15)12-8-9-13(11-19-7-3)14(18)10-12/h8-10,19H,5-7,11H2,1-4H3. The van der Waals surface area contributed by atoms with Gasteiger partial charge in [-0.15, -0.1) is 0 Å². The van der Waals surface area contributed by atoms with Crippen LogP contribution in [0.25, 0.3) is 11.1 Å². The monoisotopic (exact) mass is 289 g/mol. The topological polar surface area (TPSA) is 29.9 Å². The molecule has 2 aromatic rings. The molecule has 2 rings (SSSR count). The van der Waals surface area contributed by atoms with Crippen molar-refractivity contribution in [2.45, 2.75) is 40.2 Å². The largest absolute Gasteiger partial charge is 0.313 e. The van der Waals surface area contributed by atoms with Gasteiger partial charge in [-0.25, -0.2) is 4.39 Å². The van der Waals surface area contributed by atoms with Crippen LogP contribution >= 0.6 is 0 Å². The lowest BCUT2D eigenvalue weighted by atomic mass is 9.99. The van der Waals surface area contributed by atoms with E-state index < -0.39 is 0 Å². The summed E-state index contributed by atoms with van der Waals surface area (Å²) < 4.78 is 16.2. The van der Waals surface area contributed by atoms with Crippen molar-refractivity contribution in [3.05, 3.63) is 41.0 Å². The molecule has 3 nitrogen and oxygen atoms in total. The molecule has 0 bridgehead atoms. The van der Waals surface area contributed by atoms with E-state index in [0.717, 1.165) is 41.9 Å². The van der Waals surface area contributed by atoms with Gasteiger partial charge in [0.25, 0.3) is 0 Å². The molecular formula is C17H24FN3. The van der Waals surface area contributed by atoms with Crippen LogP contribution in [0.1, 0.15) is 37.7 Å². The Balaban J connectivity index is 2.45. The fourth-order valence-corrected chi connectivity index (χ4v) is 2.71. The van der Waals surface area contributed by atoms with Crippen molar-refractivity contribution in [1.82, 2.24) is 15.1 Å². The first kappa shape index (κ1) is 15.7. The van der Waals surface area contributed by atoms with E-state index in [4.69, 9.17) is 0 Å². The van der Waals surface area contributed by atoms with Gasteiger partial charge in [-0.3, -0.25) is 4.68 Å². The van der Waals surface area contributed by atoms with Gasteiger partial charge in [-0.05, 0) is 31.0 Å². The summed E-state index contributed by atoms with van der Waals surface area (Å²) in [4.78, 5) is 0. The van der Waals surface area contributed by atoms with Crippen LogP contribution in [-0.4, -0.2) is 16.3 Å². The second-order valence-corrected chi connectivity index (χ2v) is 5.19. The Hall–Kier alpha value is -1.68. The van der Waals surface area contributed by atoms with Gasteiger partial charge in [0, 0.05) is 30.4 Å². The molecule has 0 fully saturated rings. The van der Waals surface area contributed by atoms with Crippen molar-refractivity contribution in [2.24, 2.45) is 7.05 Å². The number of aromatic nitrogens is 2. The molecular weight excluding hydrogens is 265 g/mol. The lowest BCUT2D eigenvalue weighted by Crippen LogP contribution is -2.12. The molecule has 1 aromatic carbocycles. The molecule has 21 heavy (non-hydrogen) atoms. The van der Waals surface area contributed by atoms with Crippen LogP contribution in [0.15, 0.2) is 18.2 Å². The molecule has 0 atom stereocenters. The first-order valence-electron chi connectivity index (χ1n) is 7.66. The molecule has 1 heterocycles. The molecule has 0 saturated carbocycles. The van der Waals surface area contributed by atoms with Gasteiger partial charge >= 0.3 is 0 Å². The van der Waals surface area contributed by atoms with Crippen LogP contribution in [0.2, 0.25) is 0 Å². The van der Waals surface area contributed by atoms with E-state index in [9.17, 15) is 4.39 Å². The lowest BCUT2D eigenvalue weighted by Gasteiger charge is -2.09. The molecule has 1 aromatic heterocycles. The van der Waals surface area contributed by atoms with Gasteiger partial charge in [-0.2, -0.15) is 5.10 Å². The van der Waals surface area contributed by atoms with Gasteiger partial charge in [0.1, 0.15) is 5.82 Å². The Bertz CT molecular complexity index is 617. The van der Waals surface area contributed by atoms with E-state index in [2.05, 4.69) is 24.3 Å². The molecule has 0 amide bonds. The minimum absolute atomic E-state index is 0.151. The summed E-state index contributed by atoms with van der Waals surface area (Å²) in [6, 6.07) is 5.52. The number of aryl methyl sites for hydroxylation is 2. The van der Waals surface area contributed by atoms with Gasteiger partial charge in [-0.1, -0.05) is 32.9 Å². The molecule has 0 unspecified atom stereocenters. The SMILES string of the molecule is CCNCc1ccc(-c2c(CC)nn(C)c2CC)cc1F. The second kappa shape index (κ2) is 6.85. The third kappa shape index (κ3) is 3.16. The summed E-state index contributed by atoms with van der Waals surface area (Å²) in [6.45, 7) is 7.61. The van der Waals surface area contributed by atoms with Crippen LogP contribution in [-0.2, 0) is 26.4 Å². The van der Waals surface area contributed by atoms with Crippen LogP contribution in [0.4, 0.5) is 4.39 Å². The number of hydrogen-bond acceptors (Lipinski definition) is 2. The predicted molar refractivity (Wildman–Crippen MR) is 84.7 cm³/mol. The summed E-state index contributed by atoms with van der Waals surface area (Å²) in [5, 5.41) is 7.72. The molecule has 0 aliphatic carbocycles. The number of hydrogen-bond donors (Lipinski definition) is 1. The number of benzene rings is 1. The van der Waals surface area contributed by atoms with E-state index in [1.807, 2.05) is 30.8 Å². The maximum atomic E-state index is 14.3. The fraction of sp³-hybridized carbons (Fsp3) is 0.471. The highest BCUT2D eigenvalue weighted by Gasteiger charge is 2.16. The van der Waals surface area contributed by atoms with Crippen LogP contribution < -0.4 is 5.32 Å². The average Bonchev–Trinajstić information content (AvgIpc) is 2.81. The summed E-state index contributed by atoms with van der Waals surface area (Å²) >= 11 is 0. The van der Waals surface area contributed by atoms with Gasteiger partial charge in [0.05, 0.1) is 5.69 Å². The second-order valence-electron chi connectivity index (χ2n) is 5.19. The predicted octanol–water partition coefficient (Wildman–Crippen LogP) is 3.46. The molecule has 0 aliphatic heterocycles. The summed E-state index contributed by atoms with van der Waals surface area (Å²) in [6.07, 6.45) is 1.74. The third-order valence-electron chi connectivity index (χ3n) is 3.82. The molecule has 114 valence electrons. The Morgan fingerprint density at radius 3 is 2.52 bits per heavy atom. The summed E-state index contributed by atoms with van der Waals surface area (Å²) in [5.41, 5.74) is 4.92. The average molecular weight is 289 g/mol. The molecule has 4 heteroatoms. The quantitative estimate of drug-likeness (QED) is 0.882. The van der Waals surface area contributed by atoms with Crippen LogP contribution in [0.5, 0.6) is 0 Å². The molecule has 1 N–H and O–H groups in total. The van der Waals surface area contributed by atoms with E-state index in [0.29, 0.717) is 12.1 Å². The first-order chi connectivity index (χ1) is 10.1. The molecule has 0 radical (unpaired) electrons. The van der Waals surface area contributed by atoms with Crippen molar-refractivity contribution in [3.8, 4) is 11.1 Å². The minimum atomic E-state index is -0.151. The van der Waals surface area contributed by atoms with E-state index in [1.165, 1.54) is 0 Å². The smallest absolute Gasteiger partial charge is 0.128 e. The highest BCUT2D eigenvalue weighted by Crippen LogP contribution is 2.29. The van der Waals surface area contributed by atoms with Crippen molar-refractivity contribution in [2.75, 3.05) is 6.54 Å². The normalized spacial score (nSPS) is 11.1. The minimum Gasteiger partial charge on any atom is -0.313 e. The Labute approximate surface area is 126 Å². The Morgan fingerprint density at radius 2 is 1.95 bits per heavy atom. The number of nitrogens with one attached hydrogen (secondary N) is 1. The van der Waals surface area contributed by atoms with E-state index >= 15 is 0 Å². The van der Waals surface area contributed by atoms with Crippen molar-refractivity contribution < 1.29 is 4.39 Å². The van der Waals surface area contributed by atoms with Crippen molar-refractivity contribution in [1.29, 1.82) is 0 Å². The highest BCUT2D eigenvalue weighted by atomic mass is 19.1. The maximum Gasteiger partial charge on any atom is 0.128 e. The molecule has 0 saturated heterocycles. The number of halogens is 1. The Morgan fingerprint density at radius 1 is 1.19 bits per heavy atom. The zero-order valence-corrected chi connectivity index (χ0v) is 13.3. The number of nitrogens with zero attached hydrogens (tertiary/aromatic N) is 2. The number of rotatable bonds is 6.